The minimum Gasteiger partial charge on any atom is -0.445 e. The standard InChI is InChI=1S/C19H26N4O4/c1-12(2)15(18(25)22-16(17(21)24)13(3)9-10-20)23-19(26)27-11-14-7-5-4-6-8-14/h4-8,12-13,15-16H,9,11H2,1-3H3,(H2,21,24)(H,22,25)(H,23,26)/t13-,15-,16-/m1/s1. The smallest absolute Gasteiger partial charge is 0.408 e. The molecular formula is C19H26N4O4. The number of nitrogens with one attached hydrogen (secondary N) is 2. The number of nitrogens with zero attached hydrogens (tertiary/aromatic N) is 1. The maximum atomic E-state index is 12.5. The molecule has 0 heterocycles. The summed E-state index contributed by atoms with van der Waals surface area (Å²) in [6.07, 6.45) is -0.680. The van der Waals surface area contributed by atoms with Gasteiger partial charge in [0.2, 0.25) is 11.8 Å². The Balaban J connectivity index is 2.70. The average Bonchev–Trinajstić information content (AvgIpc) is 2.62. The van der Waals surface area contributed by atoms with Crippen LogP contribution in [0.25, 0.3) is 0 Å². The maximum absolute atomic E-state index is 12.5. The van der Waals surface area contributed by atoms with Gasteiger partial charge in [0.05, 0.1) is 6.07 Å². The summed E-state index contributed by atoms with van der Waals surface area (Å²) in [5.41, 5.74) is 6.15. The lowest BCUT2D eigenvalue weighted by atomic mass is 9.96. The first-order chi connectivity index (χ1) is 12.8. The van der Waals surface area contributed by atoms with E-state index < -0.39 is 35.9 Å². The first-order valence-corrected chi connectivity index (χ1v) is 8.70. The molecule has 0 saturated carbocycles. The van der Waals surface area contributed by atoms with Gasteiger partial charge in [-0.15, -0.1) is 0 Å². The summed E-state index contributed by atoms with van der Waals surface area (Å²) in [5.74, 6) is -2.00. The van der Waals surface area contributed by atoms with E-state index in [-0.39, 0.29) is 18.9 Å². The number of rotatable bonds is 9. The van der Waals surface area contributed by atoms with Crippen LogP contribution in [0, 0.1) is 23.2 Å². The molecular weight excluding hydrogens is 348 g/mol. The van der Waals surface area contributed by atoms with Crippen molar-refractivity contribution in [2.24, 2.45) is 17.6 Å². The van der Waals surface area contributed by atoms with Gasteiger partial charge in [0, 0.05) is 6.42 Å². The molecule has 0 aromatic heterocycles. The van der Waals surface area contributed by atoms with Gasteiger partial charge in [0.25, 0.3) is 0 Å². The summed E-state index contributed by atoms with van der Waals surface area (Å²) in [7, 11) is 0. The van der Waals surface area contributed by atoms with Crippen molar-refractivity contribution in [1.82, 2.24) is 10.6 Å². The number of benzene rings is 1. The monoisotopic (exact) mass is 374 g/mol. The average molecular weight is 374 g/mol. The van der Waals surface area contributed by atoms with E-state index in [2.05, 4.69) is 10.6 Å². The summed E-state index contributed by atoms with van der Waals surface area (Å²) in [5, 5.41) is 13.8. The Morgan fingerprint density at radius 3 is 2.26 bits per heavy atom. The van der Waals surface area contributed by atoms with Crippen molar-refractivity contribution in [3.8, 4) is 6.07 Å². The molecule has 146 valence electrons. The predicted molar refractivity (Wildman–Crippen MR) is 98.9 cm³/mol. The Morgan fingerprint density at radius 1 is 1.11 bits per heavy atom. The first-order valence-electron chi connectivity index (χ1n) is 8.70. The minimum absolute atomic E-state index is 0.0623. The summed E-state index contributed by atoms with van der Waals surface area (Å²) in [6, 6.07) is 9.16. The third kappa shape index (κ3) is 7.36. The number of ether oxygens (including phenoxy) is 1. The molecule has 3 atom stereocenters. The van der Waals surface area contributed by atoms with Gasteiger partial charge in [-0.25, -0.2) is 4.79 Å². The minimum atomic E-state index is -1.000. The zero-order valence-corrected chi connectivity index (χ0v) is 15.8. The molecule has 0 saturated heterocycles. The van der Waals surface area contributed by atoms with E-state index in [4.69, 9.17) is 15.7 Å². The first kappa shape index (κ1) is 22.0. The van der Waals surface area contributed by atoms with Gasteiger partial charge in [0.15, 0.2) is 0 Å². The summed E-state index contributed by atoms with van der Waals surface area (Å²) in [4.78, 5) is 36.2. The second kappa shape index (κ2) is 10.8. The number of nitrogens with two attached hydrogens (primary N) is 1. The highest BCUT2D eigenvalue weighted by Gasteiger charge is 2.30. The van der Waals surface area contributed by atoms with Crippen molar-refractivity contribution in [3.05, 3.63) is 35.9 Å². The van der Waals surface area contributed by atoms with Gasteiger partial charge in [-0.3, -0.25) is 9.59 Å². The van der Waals surface area contributed by atoms with Gasteiger partial charge in [-0.1, -0.05) is 51.1 Å². The second-order valence-corrected chi connectivity index (χ2v) is 6.66. The summed E-state index contributed by atoms with van der Waals surface area (Å²) in [6.45, 7) is 5.21. The summed E-state index contributed by atoms with van der Waals surface area (Å²) >= 11 is 0. The number of primary amides is 1. The molecule has 3 amide bonds. The molecule has 1 rings (SSSR count). The highest BCUT2D eigenvalue weighted by molar-refractivity contribution is 5.91. The number of alkyl carbamates (subject to hydrolysis) is 1. The van der Waals surface area contributed by atoms with E-state index in [1.807, 2.05) is 36.4 Å². The van der Waals surface area contributed by atoms with Crippen molar-refractivity contribution in [2.45, 2.75) is 45.9 Å². The third-order valence-electron chi connectivity index (χ3n) is 4.02. The Hall–Kier alpha value is -3.08. The zero-order chi connectivity index (χ0) is 20.4. The van der Waals surface area contributed by atoms with Crippen LogP contribution in [-0.4, -0.2) is 30.0 Å². The van der Waals surface area contributed by atoms with Crippen molar-refractivity contribution in [1.29, 1.82) is 5.26 Å². The van der Waals surface area contributed by atoms with Crippen LogP contribution in [0.5, 0.6) is 0 Å². The van der Waals surface area contributed by atoms with Gasteiger partial charge in [-0.2, -0.15) is 5.26 Å². The molecule has 0 unspecified atom stereocenters. The molecule has 1 aromatic carbocycles. The van der Waals surface area contributed by atoms with Crippen LogP contribution < -0.4 is 16.4 Å². The Morgan fingerprint density at radius 2 is 1.74 bits per heavy atom. The number of nitriles is 1. The zero-order valence-electron chi connectivity index (χ0n) is 15.8. The van der Waals surface area contributed by atoms with Gasteiger partial charge in [-0.05, 0) is 17.4 Å². The van der Waals surface area contributed by atoms with Crippen LogP contribution in [0.15, 0.2) is 30.3 Å². The number of hydrogen-bond donors (Lipinski definition) is 3. The fourth-order valence-electron chi connectivity index (χ4n) is 2.43. The van der Waals surface area contributed by atoms with Gasteiger partial charge < -0.3 is 21.1 Å². The summed E-state index contributed by atoms with van der Waals surface area (Å²) < 4.78 is 5.13. The van der Waals surface area contributed by atoms with E-state index in [9.17, 15) is 14.4 Å². The number of amides is 3. The third-order valence-corrected chi connectivity index (χ3v) is 4.02. The van der Waals surface area contributed by atoms with E-state index in [0.29, 0.717) is 0 Å². The number of carbonyl (C=O) groups is 3. The van der Waals surface area contributed by atoms with Crippen molar-refractivity contribution in [3.63, 3.8) is 0 Å². The van der Waals surface area contributed by atoms with E-state index in [0.717, 1.165) is 5.56 Å². The molecule has 1 aromatic rings. The molecule has 0 bridgehead atoms. The molecule has 0 radical (unpaired) electrons. The van der Waals surface area contributed by atoms with Gasteiger partial charge >= 0.3 is 6.09 Å². The molecule has 0 aliphatic rings. The second-order valence-electron chi connectivity index (χ2n) is 6.66. The molecule has 27 heavy (non-hydrogen) atoms. The Kier molecular flexibility index (Phi) is 8.79. The molecule has 8 heteroatoms. The largest absolute Gasteiger partial charge is 0.445 e. The Bertz CT molecular complexity index is 685. The fraction of sp³-hybridized carbons (Fsp3) is 0.474. The number of hydrogen-bond acceptors (Lipinski definition) is 5. The normalized spacial score (nSPS) is 13.7. The van der Waals surface area contributed by atoms with Crippen LogP contribution in [-0.2, 0) is 20.9 Å². The van der Waals surface area contributed by atoms with E-state index >= 15 is 0 Å². The van der Waals surface area contributed by atoms with Crippen molar-refractivity contribution in [2.75, 3.05) is 0 Å². The maximum Gasteiger partial charge on any atom is 0.408 e. The topological polar surface area (TPSA) is 134 Å². The van der Waals surface area contributed by atoms with Gasteiger partial charge in [0.1, 0.15) is 18.7 Å². The molecule has 0 aliphatic heterocycles. The van der Waals surface area contributed by atoms with Crippen LogP contribution in [0.2, 0.25) is 0 Å². The van der Waals surface area contributed by atoms with Crippen LogP contribution in [0.1, 0.15) is 32.8 Å². The predicted octanol–water partition coefficient (Wildman–Crippen LogP) is 1.46. The van der Waals surface area contributed by atoms with E-state index in [1.165, 1.54) is 0 Å². The van der Waals surface area contributed by atoms with E-state index in [1.54, 1.807) is 20.8 Å². The lowest BCUT2D eigenvalue weighted by Crippen LogP contribution is -2.56. The molecule has 0 spiro atoms. The molecule has 8 nitrogen and oxygen atoms in total. The van der Waals surface area contributed by atoms with Crippen LogP contribution in [0.4, 0.5) is 4.79 Å². The van der Waals surface area contributed by atoms with Crippen molar-refractivity contribution < 1.29 is 19.1 Å². The molecule has 4 N–H and O–H groups in total. The quantitative estimate of drug-likeness (QED) is 0.601. The highest BCUT2D eigenvalue weighted by Crippen LogP contribution is 2.10. The van der Waals surface area contributed by atoms with Crippen molar-refractivity contribution >= 4 is 17.9 Å². The van der Waals surface area contributed by atoms with Crippen LogP contribution >= 0.6 is 0 Å². The Labute approximate surface area is 159 Å². The SMILES string of the molecule is CC(C)[C@@H](NC(=O)OCc1ccccc1)C(=O)N[C@@H](C(N)=O)[C@H](C)CC#N. The number of carbonyl (C=O) groups excluding carboxylic acids is 3. The molecule has 0 aliphatic carbocycles. The van der Waals surface area contributed by atoms with Crippen LogP contribution in [0.3, 0.4) is 0 Å². The lowest BCUT2D eigenvalue weighted by Gasteiger charge is -2.26. The molecule has 0 fully saturated rings. The highest BCUT2D eigenvalue weighted by atomic mass is 16.5. The fourth-order valence-corrected chi connectivity index (χ4v) is 2.43. The lowest BCUT2D eigenvalue weighted by molar-refractivity contribution is -0.130.